The van der Waals surface area contributed by atoms with Gasteiger partial charge in [0, 0.05) is 0 Å². The third-order valence-corrected chi connectivity index (χ3v) is 2.67. The van der Waals surface area contributed by atoms with Crippen LogP contribution in [0.5, 0.6) is 0 Å². The van der Waals surface area contributed by atoms with Gasteiger partial charge in [-0.05, 0) is 58.0 Å². The van der Waals surface area contributed by atoms with Crippen LogP contribution in [-0.4, -0.2) is 29.5 Å². The van der Waals surface area contributed by atoms with Crippen molar-refractivity contribution in [3.8, 4) is 0 Å². The number of nitrogens with zero attached hydrogens (tertiary/aromatic N) is 1. The lowest BCUT2D eigenvalue weighted by molar-refractivity contribution is 0.140. The normalized spacial score (nSPS) is 14.5. The summed E-state index contributed by atoms with van der Waals surface area (Å²) in [5.74, 6) is 0. The number of nitrogens with one attached hydrogen (secondary N) is 1. The van der Waals surface area contributed by atoms with Gasteiger partial charge in [0.2, 0.25) is 0 Å². The van der Waals surface area contributed by atoms with Gasteiger partial charge in [0.1, 0.15) is 0 Å². The van der Waals surface area contributed by atoms with Crippen molar-refractivity contribution in [3.05, 3.63) is 0 Å². The third-order valence-electron chi connectivity index (χ3n) is 2.34. The molecule has 0 unspecified atom stereocenters. The van der Waals surface area contributed by atoms with Crippen molar-refractivity contribution in [1.82, 2.24) is 9.03 Å². The van der Waals surface area contributed by atoms with E-state index in [9.17, 15) is 4.79 Å². The molecule has 0 atom stereocenters. The van der Waals surface area contributed by atoms with Gasteiger partial charge in [0.05, 0.1) is 6.61 Å². The Bertz CT molecular complexity index is 177. The number of hydrogen-bond donors (Lipinski definition) is 3. The van der Waals surface area contributed by atoms with Crippen LogP contribution >= 0.6 is 25.6 Å². The molecule has 0 aliphatic carbocycles. The summed E-state index contributed by atoms with van der Waals surface area (Å²) in [6, 6.07) is 0. The van der Waals surface area contributed by atoms with Crippen molar-refractivity contribution < 1.29 is 9.53 Å². The molecule has 1 amide bonds. The summed E-state index contributed by atoms with van der Waals surface area (Å²) in [6.45, 7) is 5.04. The second kappa shape index (κ2) is 12.4. The lowest BCUT2D eigenvalue weighted by Crippen LogP contribution is -2.21. The first kappa shape index (κ1) is 16.9. The number of carbonyl (C=O) groups excluding carboxylic acids is 1. The lowest BCUT2D eigenvalue weighted by Gasteiger charge is -2.08. The molecule has 1 heterocycles. The summed E-state index contributed by atoms with van der Waals surface area (Å²) >= 11 is 7.28. The van der Waals surface area contributed by atoms with Crippen LogP contribution in [0.3, 0.4) is 0 Å². The molecular formula is C11H24N2O2S2. The zero-order valence-electron chi connectivity index (χ0n) is 10.5. The van der Waals surface area contributed by atoms with Crippen LogP contribution in [0.1, 0.15) is 45.4 Å². The van der Waals surface area contributed by atoms with Gasteiger partial charge in [0.15, 0.2) is 0 Å². The van der Waals surface area contributed by atoms with Crippen molar-refractivity contribution in [1.29, 1.82) is 0 Å². The quantitative estimate of drug-likeness (QED) is 0.547. The molecule has 1 aliphatic rings. The molecule has 0 spiro atoms. The molecule has 102 valence electrons. The van der Waals surface area contributed by atoms with Crippen molar-refractivity contribution in [2.45, 2.75) is 45.4 Å². The molecule has 6 heteroatoms. The Morgan fingerprint density at radius 2 is 1.88 bits per heavy atom. The molecule has 1 saturated heterocycles. The molecule has 17 heavy (non-hydrogen) atoms. The van der Waals surface area contributed by atoms with E-state index in [4.69, 9.17) is 4.74 Å². The average Bonchev–Trinajstić information content (AvgIpc) is 2.37. The van der Waals surface area contributed by atoms with Crippen molar-refractivity contribution in [2.75, 3.05) is 19.7 Å². The second-order valence-corrected chi connectivity index (χ2v) is 5.04. The average molecular weight is 280 g/mol. The van der Waals surface area contributed by atoms with E-state index in [1.54, 1.807) is 0 Å². The van der Waals surface area contributed by atoms with E-state index in [1.165, 1.54) is 32.4 Å². The van der Waals surface area contributed by atoms with Crippen molar-refractivity contribution >= 4 is 31.7 Å². The predicted molar refractivity (Wildman–Crippen MR) is 77.4 cm³/mol. The van der Waals surface area contributed by atoms with Gasteiger partial charge < -0.3 is 10.1 Å². The highest BCUT2D eigenvalue weighted by Crippen LogP contribution is 2.02. The number of ether oxygens (including phenoxy) is 1. The van der Waals surface area contributed by atoms with Crippen LogP contribution < -0.4 is 5.32 Å². The van der Waals surface area contributed by atoms with Gasteiger partial charge in [-0.3, -0.25) is 0 Å². The largest absolute Gasteiger partial charge is 0.448 e. The van der Waals surface area contributed by atoms with Crippen LogP contribution in [0.4, 0.5) is 4.79 Å². The Labute approximate surface area is 116 Å². The molecule has 0 aromatic heterocycles. The Hall–Kier alpha value is -0.0700. The first-order valence-corrected chi connectivity index (χ1v) is 7.03. The van der Waals surface area contributed by atoms with E-state index in [2.05, 4.69) is 37.9 Å². The monoisotopic (exact) mass is 280 g/mol. The van der Waals surface area contributed by atoms with Crippen LogP contribution in [-0.2, 0) is 4.74 Å². The fraction of sp³-hybridized carbons (Fsp3) is 0.909. The molecule has 0 bridgehead atoms. The van der Waals surface area contributed by atoms with E-state index in [1.807, 2.05) is 0 Å². The zero-order valence-corrected chi connectivity index (χ0v) is 12.3. The first-order chi connectivity index (χ1) is 8.18. The van der Waals surface area contributed by atoms with E-state index >= 15 is 0 Å². The van der Waals surface area contributed by atoms with Crippen LogP contribution in [0.15, 0.2) is 0 Å². The second-order valence-electron chi connectivity index (χ2n) is 3.92. The Morgan fingerprint density at radius 1 is 1.24 bits per heavy atom. The highest BCUT2D eigenvalue weighted by Gasteiger charge is 2.04. The van der Waals surface area contributed by atoms with E-state index in [0.717, 1.165) is 23.0 Å². The number of unbranched alkanes of at least 4 members (excludes halogenated alkanes) is 2. The van der Waals surface area contributed by atoms with Crippen LogP contribution in [0.2, 0.25) is 0 Å². The zero-order chi connectivity index (χ0) is 12.9. The molecule has 0 radical (unpaired) electrons. The summed E-state index contributed by atoms with van der Waals surface area (Å²) in [7, 11) is 0. The van der Waals surface area contributed by atoms with Gasteiger partial charge in [-0.1, -0.05) is 26.2 Å². The lowest BCUT2D eigenvalue weighted by atomic mass is 10.2. The van der Waals surface area contributed by atoms with E-state index in [-0.39, 0.29) is 0 Å². The molecular weight excluding hydrogens is 256 g/mol. The molecule has 0 saturated carbocycles. The summed E-state index contributed by atoms with van der Waals surface area (Å²) < 4.78 is 5.57. The molecule has 1 N–H and O–H groups in total. The highest BCUT2D eigenvalue weighted by molar-refractivity contribution is 7.94. The number of hydrogen-bond acceptors (Lipinski definition) is 5. The van der Waals surface area contributed by atoms with E-state index < -0.39 is 6.09 Å². The minimum atomic E-state index is -0.521. The molecule has 1 rings (SSSR count). The van der Waals surface area contributed by atoms with Gasteiger partial charge >= 0.3 is 6.09 Å². The molecule has 0 aromatic carbocycles. The Kier molecular flexibility index (Phi) is 12.3. The Morgan fingerprint density at radius 3 is 2.24 bits per heavy atom. The molecule has 1 fully saturated rings. The first-order valence-electron chi connectivity index (χ1n) is 6.23. The number of thiol groups is 2. The summed E-state index contributed by atoms with van der Waals surface area (Å²) in [4.78, 5) is 10.7. The third kappa shape index (κ3) is 12.2. The van der Waals surface area contributed by atoms with Gasteiger partial charge in [0.25, 0.3) is 0 Å². The fourth-order valence-corrected chi connectivity index (χ4v) is 1.49. The smallest absolute Gasteiger partial charge is 0.429 e. The SMILES string of the molecule is C1CCNCC1.CCCCCOC(=O)N(S)S. The predicted octanol–water partition coefficient (Wildman–Crippen LogP) is 3.06. The highest BCUT2D eigenvalue weighted by atomic mass is 32.2. The topological polar surface area (TPSA) is 41.6 Å². The van der Waals surface area contributed by atoms with Crippen molar-refractivity contribution in [3.63, 3.8) is 0 Å². The number of carbonyl (C=O) groups is 1. The van der Waals surface area contributed by atoms with Gasteiger partial charge in [-0.15, -0.1) is 0 Å². The number of amides is 1. The Balaban J connectivity index is 0.000000354. The summed E-state index contributed by atoms with van der Waals surface area (Å²) in [5, 5.41) is 3.28. The minimum Gasteiger partial charge on any atom is -0.448 e. The van der Waals surface area contributed by atoms with Gasteiger partial charge in [-0.25, -0.2) is 4.79 Å². The van der Waals surface area contributed by atoms with Crippen LogP contribution in [0.25, 0.3) is 0 Å². The van der Waals surface area contributed by atoms with Crippen molar-refractivity contribution in [2.24, 2.45) is 0 Å². The molecule has 1 aliphatic heterocycles. The van der Waals surface area contributed by atoms with Gasteiger partial charge in [-0.2, -0.15) is 3.71 Å². The maximum atomic E-state index is 10.7. The summed E-state index contributed by atoms with van der Waals surface area (Å²) in [5.41, 5.74) is 0. The standard InChI is InChI=1S/C6H13NO2S2.C5H11N/c1-2-3-4-5-9-6(8)7(10)11;1-2-4-6-5-3-1/h10-11H,2-5H2,1H3;6H,1-5H2. The number of rotatable bonds is 4. The maximum absolute atomic E-state index is 10.7. The summed E-state index contributed by atoms with van der Waals surface area (Å²) in [6.07, 6.45) is 6.79. The minimum absolute atomic E-state index is 0.449. The fourth-order valence-electron chi connectivity index (χ4n) is 1.37. The maximum Gasteiger partial charge on any atom is 0.429 e. The molecule has 4 nitrogen and oxygen atoms in total. The van der Waals surface area contributed by atoms with E-state index in [0.29, 0.717) is 6.61 Å². The van der Waals surface area contributed by atoms with Crippen LogP contribution in [0, 0.1) is 0 Å². The number of piperidine rings is 1. The molecule has 0 aromatic rings.